The Labute approximate surface area is 272 Å². The lowest BCUT2D eigenvalue weighted by atomic mass is 10.0. The van der Waals surface area contributed by atoms with Crippen molar-refractivity contribution in [3.8, 4) is 0 Å². The van der Waals surface area contributed by atoms with E-state index in [1.54, 1.807) is 0 Å². The second-order valence-corrected chi connectivity index (χ2v) is 11.8. The molecular weight excluding hydrogens is 578 g/mol. The molecule has 2 amide bonds. The maximum Gasteiger partial charge on any atom is 0.328 e. The molecule has 1 atom stereocenters. The average molecular weight is 643 g/mol. The van der Waals surface area contributed by atoms with E-state index in [-0.39, 0.29) is 37.2 Å². The van der Waals surface area contributed by atoms with Gasteiger partial charge in [-0.15, -0.1) is 0 Å². The van der Waals surface area contributed by atoms with Gasteiger partial charge >= 0.3 is 5.97 Å². The van der Waals surface area contributed by atoms with Crippen LogP contribution < -0.4 is 15.5 Å². The number of nitrogens with one attached hydrogen (secondary N) is 3. The molecule has 3 N–H and O–H groups in total. The summed E-state index contributed by atoms with van der Waals surface area (Å²) >= 11 is 0. The summed E-state index contributed by atoms with van der Waals surface area (Å²) in [7, 11) is 0. The second kappa shape index (κ2) is 33.0. The van der Waals surface area contributed by atoms with Crippen molar-refractivity contribution >= 4 is 17.8 Å². The predicted octanol–water partition coefficient (Wildman–Crippen LogP) is 5.65. The van der Waals surface area contributed by atoms with E-state index in [1.807, 2.05) is 13.8 Å². The highest BCUT2D eigenvalue weighted by Gasteiger charge is 2.23. The molecule has 45 heavy (non-hydrogen) atoms. The SMILES string of the molecule is CCCCCCCCCCCCCCCC(=O)N[C@@H](CCC(=O)NCCOCCOCCOCCN=[N+]=N)C(=O)OCC(C)C. The summed E-state index contributed by atoms with van der Waals surface area (Å²) in [6, 6.07) is -0.844. The minimum atomic E-state index is -0.844. The summed E-state index contributed by atoms with van der Waals surface area (Å²) in [5, 5.41) is 9.06. The summed E-state index contributed by atoms with van der Waals surface area (Å²) in [5.41, 5.74) is 6.54. The van der Waals surface area contributed by atoms with E-state index < -0.39 is 12.0 Å². The van der Waals surface area contributed by atoms with Crippen molar-refractivity contribution in [2.24, 2.45) is 11.0 Å². The maximum absolute atomic E-state index is 12.6. The Morgan fingerprint density at radius 1 is 0.711 bits per heavy atom. The smallest absolute Gasteiger partial charge is 0.328 e. The van der Waals surface area contributed by atoms with Gasteiger partial charge in [-0.2, -0.15) is 0 Å². The molecule has 0 rings (SSSR count). The van der Waals surface area contributed by atoms with E-state index >= 15 is 0 Å². The number of nitrogens with zero attached hydrogens (tertiary/aromatic N) is 2. The molecule has 0 spiro atoms. The molecule has 0 aromatic carbocycles. The molecule has 0 aliphatic heterocycles. The number of hydrogen-bond donors (Lipinski definition) is 3. The van der Waals surface area contributed by atoms with E-state index in [4.69, 9.17) is 24.5 Å². The molecule has 12 nitrogen and oxygen atoms in total. The number of rotatable bonds is 33. The maximum atomic E-state index is 12.6. The molecule has 12 heteroatoms. The number of esters is 1. The number of ether oxygens (including phenoxy) is 4. The van der Waals surface area contributed by atoms with Gasteiger partial charge in [-0.05, 0) is 18.8 Å². The molecule has 0 fully saturated rings. The normalized spacial score (nSPS) is 11.6. The summed E-state index contributed by atoms with van der Waals surface area (Å²) in [6.07, 6.45) is 16.7. The Bertz CT molecular complexity index is 779. The summed E-state index contributed by atoms with van der Waals surface area (Å²) < 4.78 is 21.5. The third kappa shape index (κ3) is 31.4. The number of unbranched alkanes of at least 4 members (excludes halogenated alkanes) is 12. The first kappa shape index (κ1) is 42.6. The zero-order valence-electron chi connectivity index (χ0n) is 28.6. The van der Waals surface area contributed by atoms with Crippen molar-refractivity contribution in [3.63, 3.8) is 0 Å². The summed E-state index contributed by atoms with van der Waals surface area (Å²) in [5.74, 6) is -0.718. The van der Waals surface area contributed by atoms with Crippen molar-refractivity contribution in [2.45, 2.75) is 130 Å². The van der Waals surface area contributed by atoms with Gasteiger partial charge in [0.2, 0.25) is 16.7 Å². The molecule has 0 radical (unpaired) electrons. The van der Waals surface area contributed by atoms with Crippen LogP contribution in [0.1, 0.15) is 124 Å². The average Bonchev–Trinajstić information content (AvgIpc) is 3.02. The highest BCUT2D eigenvalue weighted by atomic mass is 16.5. The van der Waals surface area contributed by atoms with Crippen LogP contribution in [-0.2, 0) is 33.3 Å². The standard InChI is InChI=1S/C33H63N5O7/c1-4-5-6-7-8-9-10-11-12-13-14-15-16-17-32(40)37-30(33(41)45-28-29(2)3)18-19-31(39)35-20-22-42-24-26-44-27-25-43-23-21-36-38-34/h29-30,34H,4-28H2,1-3H3,(H-,35,37,39,40)/p+1/t30-/m0/s1. The Morgan fingerprint density at radius 3 is 1.80 bits per heavy atom. The Kier molecular flexibility index (Phi) is 31.2. The fourth-order valence-electron chi connectivity index (χ4n) is 4.49. The molecule has 0 aromatic rings. The quantitative estimate of drug-likeness (QED) is 0.0361. The van der Waals surface area contributed by atoms with Gasteiger partial charge in [0.25, 0.3) is 0 Å². The molecule has 0 unspecified atom stereocenters. The van der Waals surface area contributed by atoms with Gasteiger partial charge in [0.1, 0.15) is 23.2 Å². The van der Waals surface area contributed by atoms with Crippen molar-refractivity contribution in [3.05, 3.63) is 0 Å². The lowest BCUT2D eigenvalue weighted by Crippen LogP contribution is -2.43. The molecular formula is C33H64N5O7+. The number of carbonyl (C=O) groups is 3. The second-order valence-electron chi connectivity index (χ2n) is 11.8. The van der Waals surface area contributed by atoms with Gasteiger partial charge in [-0.3, -0.25) is 9.59 Å². The van der Waals surface area contributed by atoms with Crippen molar-refractivity contribution in [2.75, 3.05) is 59.3 Å². The summed E-state index contributed by atoms with van der Waals surface area (Å²) in [4.78, 5) is 40.5. The molecule has 0 aliphatic rings. The number of amides is 2. The largest absolute Gasteiger partial charge is 0.464 e. The number of hydrogen-bond acceptors (Lipinski definition) is 9. The predicted molar refractivity (Wildman–Crippen MR) is 175 cm³/mol. The Balaban J connectivity index is 4.06. The minimum Gasteiger partial charge on any atom is -0.464 e. The fourth-order valence-corrected chi connectivity index (χ4v) is 4.49. The van der Waals surface area contributed by atoms with E-state index in [0.717, 1.165) is 19.3 Å². The van der Waals surface area contributed by atoms with Crippen LogP contribution in [0.5, 0.6) is 0 Å². The van der Waals surface area contributed by atoms with Crippen molar-refractivity contribution in [1.82, 2.24) is 15.5 Å². The first-order chi connectivity index (χ1) is 21.9. The summed E-state index contributed by atoms with van der Waals surface area (Å²) in [6.45, 7) is 9.48. The molecule has 0 saturated heterocycles. The highest BCUT2D eigenvalue weighted by Crippen LogP contribution is 2.13. The van der Waals surface area contributed by atoms with Gasteiger partial charge in [0.05, 0.1) is 46.2 Å². The first-order valence-electron chi connectivity index (χ1n) is 17.4. The molecule has 0 saturated carbocycles. The van der Waals surface area contributed by atoms with E-state index in [0.29, 0.717) is 59.2 Å². The fraction of sp³-hybridized carbons (Fsp3) is 0.909. The van der Waals surface area contributed by atoms with Crippen LogP contribution in [-0.4, -0.2) is 83.2 Å². The Morgan fingerprint density at radius 2 is 1.24 bits per heavy atom. The van der Waals surface area contributed by atoms with Crippen LogP contribution in [0.25, 0.3) is 0 Å². The van der Waals surface area contributed by atoms with Crippen LogP contribution in [0, 0.1) is 11.4 Å². The van der Waals surface area contributed by atoms with Gasteiger partial charge in [0, 0.05) is 19.4 Å². The van der Waals surface area contributed by atoms with E-state index in [2.05, 4.69) is 27.6 Å². The molecule has 0 heterocycles. The van der Waals surface area contributed by atoms with Crippen LogP contribution in [0.15, 0.2) is 5.11 Å². The minimum absolute atomic E-state index is 0.0900. The Hall–Kier alpha value is -2.40. The third-order valence-electron chi connectivity index (χ3n) is 7.07. The van der Waals surface area contributed by atoms with Gasteiger partial charge in [-0.25, -0.2) is 4.79 Å². The zero-order chi connectivity index (χ0) is 33.2. The van der Waals surface area contributed by atoms with E-state index in [1.165, 1.54) is 64.2 Å². The highest BCUT2D eigenvalue weighted by molar-refractivity contribution is 5.85. The van der Waals surface area contributed by atoms with E-state index in [9.17, 15) is 14.4 Å². The lowest BCUT2D eigenvalue weighted by Gasteiger charge is -2.18. The monoisotopic (exact) mass is 642 g/mol. The first-order valence-corrected chi connectivity index (χ1v) is 17.4. The van der Waals surface area contributed by atoms with Crippen LogP contribution in [0.2, 0.25) is 0 Å². The zero-order valence-corrected chi connectivity index (χ0v) is 28.6. The van der Waals surface area contributed by atoms with Gasteiger partial charge < -0.3 is 29.6 Å². The van der Waals surface area contributed by atoms with Crippen molar-refractivity contribution < 1.29 is 33.3 Å². The van der Waals surface area contributed by atoms with Crippen LogP contribution >= 0.6 is 0 Å². The molecule has 262 valence electrons. The number of carbonyl (C=O) groups excluding carboxylic acids is 3. The third-order valence-corrected chi connectivity index (χ3v) is 7.07. The van der Waals surface area contributed by atoms with Crippen LogP contribution in [0.4, 0.5) is 0 Å². The molecule has 0 aromatic heterocycles. The topological polar surface area (TPSA) is 162 Å². The lowest BCUT2D eigenvalue weighted by molar-refractivity contribution is -0.149. The van der Waals surface area contributed by atoms with Crippen molar-refractivity contribution in [1.29, 1.82) is 5.53 Å². The van der Waals surface area contributed by atoms with Gasteiger partial charge in [0.15, 0.2) is 0 Å². The van der Waals surface area contributed by atoms with Crippen LogP contribution in [0.3, 0.4) is 0 Å². The molecule has 0 bridgehead atoms. The van der Waals surface area contributed by atoms with Gasteiger partial charge in [-0.1, -0.05) is 97.8 Å². The molecule has 0 aliphatic carbocycles.